The minimum absolute atomic E-state index is 0.540. The second kappa shape index (κ2) is 3.51. The lowest BCUT2D eigenvalue weighted by atomic mass is 10.1. The number of pyridine rings is 1. The van der Waals surface area contributed by atoms with Crippen molar-refractivity contribution in [2.24, 2.45) is 0 Å². The number of anilines is 1. The quantitative estimate of drug-likeness (QED) is 0.815. The van der Waals surface area contributed by atoms with Crippen molar-refractivity contribution in [1.29, 1.82) is 0 Å². The van der Waals surface area contributed by atoms with Gasteiger partial charge in [-0.1, -0.05) is 0 Å². The van der Waals surface area contributed by atoms with Crippen molar-refractivity contribution in [3.8, 4) is 0 Å². The largest absolute Gasteiger partial charge is 0.481 e. The Labute approximate surface area is 90.4 Å². The van der Waals surface area contributed by atoms with Gasteiger partial charge >= 0.3 is 5.97 Å². The van der Waals surface area contributed by atoms with E-state index in [9.17, 15) is 4.79 Å². The minimum atomic E-state index is -0.867. The molecule has 0 fully saturated rings. The molecule has 0 aromatic carbocycles. The molecule has 0 saturated heterocycles. The van der Waals surface area contributed by atoms with Gasteiger partial charge < -0.3 is 10.8 Å². The highest BCUT2D eigenvalue weighted by Gasteiger charge is 2.20. The number of carboxylic acid groups (broad SMARTS) is 1. The molecule has 0 spiro atoms. The number of fused-ring (bicyclic) bond motifs is 1. The Bertz CT molecular complexity index is 521. The number of nitrogens with two attached hydrogens (primary N) is 1. The van der Waals surface area contributed by atoms with Crippen molar-refractivity contribution in [1.82, 2.24) is 4.98 Å². The van der Waals surface area contributed by atoms with Crippen LogP contribution in [-0.2, 0) is 4.79 Å². The van der Waals surface area contributed by atoms with E-state index >= 15 is 0 Å². The lowest BCUT2D eigenvalue weighted by Gasteiger charge is -2.03. The standard InChI is InChI=1S/C10H10N2O2S/c1-5(10(13)14)8-7(11)6-3-2-4-12-9(6)15-8/h2-5H,11H2,1H3,(H,13,14). The molecule has 0 amide bonds. The maximum atomic E-state index is 10.9. The molecule has 0 radical (unpaired) electrons. The summed E-state index contributed by atoms with van der Waals surface area (Å²) in [5.41, 5.74) is 6.42. The Morgan fingerprint density at radius 3 is 3.00 bits per heavy atom. The zero-order valence-electron chi connectivity index (χ0n) is 8.10. The number of carbonyl (C=O) groups is 1. The van der Waals surface area contributed by atoms with Crippen molar-refractivity contribution in [3.63, 3.8) is 0 Å². The number of rotatable bonds is 2. The van der Waals surface area contributed by atoms with Crippen LogP contribution in [0.15, 0.2) is 18.3 Å². The third-order valence-corrected chi connectivity index (χ3v) is 3.61. The Morgan fingerprint density at radius 1 is 1.67 bits per heavy atom. The molecule has 2 aromatic heterocycles. The van der Waals surface area contributed by atoms with Crippen molar-refractivity contribution in [3.05, 3.63) is 23.2 Å². The molecule has 78 valence electrons. The van der Waals surface area contributed by atoms with Crippen LogP contribution in [0.3, 0.4) is 0 Å². The van der Waals surface area contributed by atoms with E-state index < -0.39 is 11.9 Å². The Kier molecular flexibility index (Phi) is 2.32. The van der Waals surface area contributed by atoms with Gasteiger partial charge in [0.05, 0.1) is 11.6 Å². The van der Waals surface area contributed by atoms with E-state index in [1.165, 1.54) is 11.3 Å². The molecule has 0 aliphatic rings. The molecule has 3 N–H and O–H groups in total. The summed E-state index contributed by atoms with van der Waals surface area (Å²) < 4.78 is 0. The van der Waals surface area contributed by atoms with E-state index in [0.29, 0.717) is 10.6 Å². The van der Waals surface area contributed by atoms with Crippen molar-refractivity contribution < 1.29 is 9.90 Å². The van der Waals surface area contributed by atoms with Gasteiger partial charge in [-0.15, -0.1) is 11.3 Å². The molecule has 2 aromatic rings. The molecule has 2 rings (SSSR count). The number of thiophene rings is 1. The number of aromatic nitrogens is 1. The third kappa shape index (κ3) is 1.55. The van der Waals surface area contributed by atoms with Crippen molar-refractivity contribution in [2.75, 3.05) is 5.73 Å². The average molecular weight is 222 g/mol. The lowest BCUT2D eigenvalue weighted by molar-refractivity contribution is -0.138. The van der Waals surface area contributed by atoms with Crippen LogP contribution in [0, 0.1) is 0 Å². The number of nitrogens with zero attached hydrogens (tertiary/aromatic N) is 1. The van der Waals surface area contributed by atoms with Crippen LogP contribution in [0.4, 0.5) is 5.69 Å². The van der Waals surface area contributed by atoms with Crippen molar-refractivity contribution in [2.45, 2.75) is 12.8 Å². The van der Waals surface area contributed by atoms with Crippen LogP contribution >= 0.6 is 11.3 Å². The molecule has 1 unspecified atom stereocenters. The molecule has 5 heteroatoms. The molecule has 15 heavy (non-hydrogen) atoms. The number of hydrogen-bond donors (Lipinski definition) is 2. The summed E-state index contributed by atoms with van der Waals surface area (Å²) in [6.45, 7) is 1.63. The molecule has 4 nitrogen and oxygen atoms in total. The van der Waals surface area contributed by atoms with Crippen LogP contribution in [0.25, 0.3) is 10.2 Å². The second-order valence-electron chi connectivity index (χ2n) is 3.30. The van der Waals surface area contributed by atoms with Crippen LogP contribution in [0.1, 0.15) is 17.7 Å². The molecular formula is C10H10N2O2S. The van der Waals surface area contributed by atoms with Gasteiger partial charge in [-0.3, -0.25) is 4.79 Å². The first-order valence-corrected chi connectivity index (χ1v) is 5.28. The Morgan fingerprint density at radius 2 is 2.40 bits per heavy atom. The van der Waals surface area contributed by atoms with Gasteiger partial charge in [-0.25, -0.2) is 4.98 Å². The Hall–Kier alpha value is -1.62. The van der Waals surface area contributed by atoms with Crippen LogP contribution in [0.2, 0.25) is 0 Å². The summed E-state index contributed by atoms with van der Waals surface area (Å²) >= 11 is 1.34. The number of aliphatic carboxylic acids is 1. The molecular weight excluding hydrogens is 212 g/mol. The fraction of sp³-hybridized carbons (Fsp3) is 0.200. The molecule has 1 atom stereocenters. The Balaban J connectivity index is 2.63. The average Bonchev–Trinajstić information content (AvgIpc) is 2.56. The van der Waals surface area contributed by atoms with Gasteiger partial charge in [0.25, 0.3) is 0 Å². The van der Waals surface area contributed by atoms with Gasteiger partial charge in [0.15, 0.2) is 0 Å². The fourth-order valence-electron chi connectivity index (χ4n) is 1.40. The van der Waals surface area contributed by atoms with Gasteiger partial charge in [0, 0.05) is 16.5 Å². The minimum Gasteiger partial charge on any atom is -0.481 e. The topological polar surface area (TPSA) is 76.2 Å². The number of hydrogen-bond acceptors (Lipinski definition) is 4. The van der Waals surface area contributed by atoms with Crippen molar-refractivity contribution >= 4 is 33.2 Å². The van der Waals surface area contributed by atoms with E-state index in [2.05, 4.69) is 4.98 Å². The van der Waals surface area contributed by atoms with E-state index in [0.717, 1.165) is 10.2 Å². The smallest absolute Gasteiger partial charge is 0.311 e. The van der Waals surface area contributed by atoms with E-state index in [-0.39, 0.29) is 0 Å². The molecule has 0 aliphatic carbocycles. The lowest BCUT2D eigenvalue weighted by Crippen LogP contribution is -2.07. The normalized spacial score (nSPS) is 12.9. The van der Waals surface area contributed by atoms with Gasteiger partial charge in [-0.05, 0) is 19.1 Å². The molecule has 0 bridgehead atoms. The summed E-state index contributed by atoms with van der Waals surface area (Å²) in [6.07, 6.45) is 1.67. The summed E-state index contributed by atoms with van der Waals surface area (Å²) in [5, 5.41) is 9.75. The molecule has 0 saturated carbocycles. The highest BCUT2D eigenvalue weighted by Crippen LogP contribution is 2.36. The number of carboxylic acids is 1. The first kappa shape index (κ1) is 9.92. The second-order valence-corrected chi connectivity index (χ2v) is 4.33. The van der Waals surface area contributed by atoms with Gasteiger partial charge in [-0.2, -0.15) is 0 Å². The van der Waals surface area contributed by atoms with E-state index in [1.807, 2.05) is 6.07 Å². The van der Waals surface area contributed by atoms with Crippen LogP contribution in [-0.4, -0.2) is 16.1 Å². The van der Waals surface area contributed by atoms with Gasteiger partial charge in [0.1, 0.15) is 4.83 Å². The summed E-state index contributed by atoms with van der Waals surface area (Å²) in [7, 11) is 0. The molecule has 0 aliphatic heterocycles. The SMILES string of the molecule is CC(C(=O)O)c1sc2ncccc2c1N. The third-order valence-electron chi connectivity index (χ3n) is 2.30. The molecule has 2 heterocycles. The van der Waals surface area contributed by atoms with Gasteiger partial charge in [0.2, 0.25) is 0 Å². The summed E-state index contributed by atoms with van der Waals surface area (Å²) in [6, 6.07) is 3.65. The summed E-state index contributed by atoms with van der Waals surface area (Å²) in [5.74, 6) is -1.45. The first-order valence-electron chi connectivity index (χ1n) is 4.47. The summed E-state index contributed by atoms with van der Waals surface area (Å²) in [4.78, 5) is 16.5. The zero-order chi connectivity index (χ0) is 11.0. The number of nitrogen functional groups attached to an aromatic ring is 1. The fourth-order valence-corrected chi connectivity index (χ4v) is 2.51. The monoisotopic (exact) mass is 222 g/mol. The predicted octanol–water partition coefficient (Wildman–Crippen LogP) is 2.07. The highest BCUT2D eigenvalue weighted by molar-refractivity contribution is 7.19. The maximum absolute atomic E-state index is 10.9. The maximum Gasteiger partial charge on any atom is 0.311 e. The highest BCUT2D eigenvalue weighted by atomic mass is 32.1. The van der Waals surface area contributed by atoms with Crippen LogP contribution in [0.5, 0.6) is 0 Å². The van der Waals surface area contributed by atoms with E-state index in [4.69, 9.17) is 10.8 Å². The predicted molar refractivity (Wildman–Crippen MR) is 60.1 cm³/mol. The first-order chi connectivity index (χ1) is 7.11. The zero-order valence-corrected chi connectivity index (χ0v) is 8.91. The van der Waals surface area contributed by atoms with Crippen LogP contribution < -0.4 is 5.73 Å². The van der Waals surface area contributed by atoms with E-state index in [1.54, 1.807) is 19.2 Å².